The number of amidine groups is 1. The maximum Gasteiger partial charge on any atom is 0.226 e. The molecule has 1 N–H and O–H groups in total. The van der Waals surface area contributed by atoms with Crippen LogP contribution in [0.1, 0.15) is 12.0 Å². The van der Waals surface area contributed by atoms with E-state index in [9.17, 15) is 4.79 Å². The van der Waals surface area contributed by atoms with Gasteiger partial charge in [0.05, 0.1) is 0 Å². The molecule has 5 nitrogen and oxygen atoms in total. The van der Waals surface area contributed by atoms with Gasteiger partial charge >= 0.3 is 0 Å². The second-order valence-electron chi connectivity index (χ2n) is 7.67. The van der Waals surface area contributed by atoms with Gasteiger partial charge in [-0.2, -0.15) is 0 Å². The molecule has 4 rings (SSSR count). The van der Waals surface area contributed by atoms with Crippen LogP contribution in [0.25, 0.3) is 0 Å². The molecule has 3 aromatic rings. The van der Waals surface area contributed by atoms with Crippen molar-refractivity contribution in [1.29, 1.82) is 0 Å². The predicted molar refractivity (Wildman–Crippen MR) is 140 cm³/mol. The molecule has 1 fully saturated rings. The summed E-state index contributed by atoms with van der Waals surface area (Å²) in [5.74, 6) is 2.40. The van der Waals surface area contributed by atoms with Gasteiger partial charge in [0.25, 0.3) is 0 Å². The van der Waals surface area contributed by atoms with E-state index in [0.717, 1.165) is 41.1 Å². The topological polar surface area (TPSA) is 53.9 Å². The number of benzene rings is 3. The average Bonchev–Trinajstić information content (AvgIpc) is 3.15. The van der Waals surface area contributed by atoms with Crippen LogP contribution >= 0.6 is 24.2 Å². The van der Waals surface area contributed by atoms with Crippen molar-refractivity contribution in [2.75, 3.05) is 24.7 Å². The van der Waals surface area contributed by atoms with Crippen molar-refractivity contribution in [2.24, 2.45) is 4.99 Å². The summed E-state index contributed by atoms with van der Waals surface area (Å²) >= 11 is 1.72. The minimum absolute atomic E-state index is 0. The molecule has 1 aliphatic heterocycles. The molecule has 0 aromatic heterocycles. The van der Waals surface area contributed by atoms with Crippen LogP contribution in [0.15, 0.2) is 89.9 Å². The van der Waals surface area contributed by atoms with Crippen LogP contribution in [0, 0.1) is 0 Å². The van der Waals surface area contributed by atoms with Gasteiger partial charge in [0, 0.05) is 37.5 Å². The van der Waals surface area contributed by atoms with E-state index < -0.39 is 0 Å². The van der Waals surface area contributed by atoms with Crippen LogP contribution in [-0.2, 0) is 11.2 Å². The van der Waals surface area contributed by atoms with Crippen LogP contribution < -0.4 is 10.1 Å². The minimum Gasteiger partial charge on any atom is -0.457 e. The normalized spacial score (nSPS) is 16.3. The number of carbonyl (C=O) groups excluding carboxylic acids is 1. The van der Waals surface area contributed by atoms with E-state index in [1.54, 1.807) is 11.8 Å². The number of anilines is 1. The summed E-state index contributed by atoms with van der Waals surface area (Å²) in [4.78, 5) is 19.5. The molecule has 0 radical (unpaired) electrons. The van der Waals surface area contributed by atoms with E-state index in [0.29, 0.717) is 6.42 Å². The molecule has 0 spiro atoms. The number of halogens is 1. The molecule has 1 saturated heterocycles. The number of ether oxygens (including phenoxy) is 1. The van der Waals surface area contributed by atoms with Gasteiger partial charge in [0.1, 0.15) is 11.5 Å². The highest BCUT2D eigenvalue weighted by molar-refractivity contribution is 8.14. The second kappa shape index (κ2) is 12.3. The molecule has 172 valence electrons. The zero-order valence-electron chi connectivity index (χ0n) is 18.5. The summed E-state index contributed by atoms with van der Waals surface area (Å²) in [6.07, 6.45) is 1.36. The summed E-state index contributed by atoms with van der Waals surface area (Å²) in [5, 5.41) is 4.00. The van der Waals surface area contributed by atoms with Crippen molar-refractivity contribution >= 4 is 40.9 Å². The first kappa shape index (κ1) is 24.7. The maximum absolute atomic E-state index is 12.6. The highest BCUT2D eigenvalue weighted by atomic mass is 35.5. The van der Waals surface area contributed by atoms with E-state index in [-0.39, 0.29) is 24.4 Å². The first-order valence-corrected chi connectivity index (χ1v) is 11.7. The van der Waals surface area contributed by atoms with Gasteiger partial charge in [-0.25, -0.2) is 0 Å². The Morgan fingerprint density at radius 3 is 2.33 bits per heavy atom. The first-order chi connectivity index (χ1) is 15.7. The molecule has 0 aliphatic carbocycles. The SMILES string of the molecule is CN1/C(=N/CCc2ccccc2)SCC1CC(=O)Nc1ccc(Oc2ccccc2)cc1.Cl. The molecule has 1 unspecified atom stereocenters. The highest BCUT2D eigenvalue weighted by Gasteiger charge is 2.28. The maximum atomic E-state index is 12.6. The first-order valence-electron chi connectivity index (χ1n) is 10.7. The smallest absolute Gasteiger partial charge is 0.226 e. The number of hydrogen-bond donors (Lipinski definition) is 1. The lowest BCUT2D eigenvalue weighted by atomic mass is 10.2. The van der Waals surface area contributed by atoms with Crippen molar-refractivity contribution in [3.8, 4) is 11.5 Å². The number of nitrogens with zero attached hydrogens (tertiary/aromatic N) is 2. The number of hydrogen-bond acceptors (Lipinski definition) is 4. The molecule has 1 amide bonds. The third-order valence-corrected chi connectivity index (χ3v) is 6.51. The predicted octanol–water partition coefficient (Wildman–Crippen LogP) is 5.88. The van der Waals surface area contributed by atoms with Crippen molar-refractivity contribution in [2.45, 2.75) is 18.9 Å². The fourth-order valence-corrected chi connectivity index (χ4v) is 4.69. The molecule has 0 saturated carbocycles. The molecular formula is C26H28ClN3O2S. The molecule has 0 bridgehead atoms. The van der Waals surface area contributed by atoms with E-state index >= 15 is 0 Å². The largest absolute Gasteiger partial charge is 0.457 e. The van der Waals surface area contributed by atoms with E-state index in [1.807, 2.05) is 67.7 Å². The average molecular weight is 482 g/mol. The van der Waals surface area contributed by atoms with E-state index in [4.69, 9.17) is 9.73 Å². The monoisotopic (exact) mass is 481 g/mol. The highest BCUT2D eigenvalue weighted by Crippen LogP contribution is 2.26. The van der Waals surface area contributed by atoms with Crippen molar-refractivity contribution < 1.29 is 9.53 Å². The van der Waals surface area contributed by atoms with Gasteiger partial charge in [-0.05, 0) is 48.4 Å². The van der Waals surface area contributed by atoms with Crippen LogP contribution in [-0.4, -0.2) is 41.4 Å². The minimum atomic E-state index is 0. The Morgan fingerprint density at radius 1 is 1.00 bits per heavy atom. The van der Waals surface area contributed by atoms with Crippen LogP contribution in [0.3, 0.4) is 0 Å². The number of rotatable bonds is 8. The summed E-state index contributed by atoms with van der Waals surface area (Å²) in [6, 6.07) is 27.6. The molecule has 1 atom stereocenters. The van der Waals surface area contributed by atoms with Gasteiger partial charge in [-0.3, -0.25) is 9.79 Å². The van der Waals surface area contributed by atoms with Crippen molar-refractivity contribution in [3.05, 3.63) is 90.5 Å². The van der Waals surface area contributed by atoms with Crippen LogP contribution in [0.5, 0.6) is 11.5 Å². The molecule has 3 aromatic carbocycles. The van der Waals surface area contributed by atoms with Crippen molar-refractivity contribution in [3.63, 3.8) is 0 Å². The quantitative estimate of drug-likeness (QED) is 0.436. The van der Waals surface area contributed by atoms with E-state index in [2.05, 4.69) is 34.5 Å². The Hall–Kier alpha value is -2.96. The van der Waals surface area contributed by atoms with Gasteiger partial charge < -0.3 is 15.0 Å². The standard InChI is InChI=1S/C26H27N3O2S.ClH/c1-29-22(19-32-26(29)27-17-16-20-8-4-2-5-9-20)18-25(30)28-21-12-14-24(15-13-21)31-23-10-6-3-7-11-23;/h2-15,22H,16-19H2,1H3,(H,28,30);1H/b27-26-;. The number of para-hydroxylation sites is 1. The molecule has 7 heteroatoms. The van der Waals surface area contributed by atoms with Gasteiger partial charge in [0.2, 0.25) is 5.91 Å². The van der Waals surface area contributed by atoms with Gasteiger partial charge in [-0.1, -0.05) is 60.3 Å². The summed E-state index contributed by atoms with van der Waals surface area (Å²) < 4.78 is 5.80. The van der Waals surface area contributed by atoms with Crippen LogP contribution in [0.2, 0.25) is 0 Å². The Balaban J connectivity index is 0.00000306. The Kier molecular flexibility index (Phi) is 9.22. The van der Waals surface area contributed by atoms with Crippen molar-refractivity contribution in [1.82, 2.24) is 4.90 Å². The second-order valence-corrected chi connectivity index (χ2v) is 8.65. The lowest BCUT2D eigenvalue weighted by Gasteiger charge is -2.20. The number of thioether (sulfide) groups is 1. The zero-order chi connectivity index (χ0) is 22.2. The van der Waals surface area contributed by atoms with E-state index in [1.165, 1.54) is 5.56 Å². The Morgan fingerprint density at radius 2 is 1.64 bits per heavy atom. The fraction of sp³-hybridized carbons (Fsp3) is 0.231. The molecule has 1 aliphatic rings. The third-order valence-electron chi connectivity index (χ3n) is 5.28. The Bertz CT molecular complexity index is 1050. The lowest BCUT2D eigenvalue weighted by Crippen LogP contribution is -2.33. The number of aliphatic imine (C=N–C) groups is 1. The Labute approximate surface area is 205 Å². The fourth-order valence-electron chi connectivity index (χ4n) is 3.48. The van der Waals surface area contributed by atoms with Gasteiger partial charge in [-0.15, -0.1) is 12.4 Å². The summed E-state index contributed by atoms with van der Waals surface area (Å²) in [7, 11) is 2.02. The number of nitrogens with one attached hydrogen (secondary N) is 1. The third kappa shape index (κ3) is 7.27. The number of amides is 1. The molecule has 1 heterocycles. The van der Waals surface area contributed by atoms with Crippen LogP contribution in [0.4, 0.5) is 5.69 Å². The van der Waals surface area contributed by atoms with Gasteiger partial charge in [0.15, 0.2) is 5.17 Å². The summed E-state index contributed by atoms with van der Waals surface area (Å²) in [5.41, 5.74) is 2.05. The zero-order valence-corrected chi connectivity index (χ0v) is 20.1. The number of carbonyl (C=O) groups is 1. The lowest BCUT2D eigenvalue weighted by molar-refractivity contribution is -0.116. The molecular weight excluding hydrogens is 454 g/mol. The summed E-state index contributed by atoms with van der Waals surface area (Å²) in [6.45, 7) is 0.757. The molecule has 33 heavy (non-hydrogen) atoms.